The van der Waals surface area contributed by atoms with Crippen LogP contribution in [0.2, 0.25) is 0 Å². The Balaban J connectivity index is 1.34. The molecule has 5 aromatic rings. The summed E-state index contributed by atoms with van der Waals surface area (Å²) >= 11 is 0. The Kier molecular flexibility index (Phi) is 5.59. The van der Waals surface area contributed by atoms with Gasteiger partial charge in [0.15, 0.2) is 11.6 Å². The van der Waals surface area contributed by atoms with Crippen molar-refractivity contribution in [3.8, 4) is 11.3 Å². The van der Waals surface area contributed by atoms with Crippen LogP contribution < -0.4 is 0 Å². The van der Waals surface area contributed by atoms with Crippen molar-refractivity contribution in [1.82, 2.24) is 33.9 Å². The van der Waals surface area contributed by atoms with Crippen LogP contribution in [0.25, 0.3) is 17.0 Å². The van der Waals surface area contributed by atoms with E-state index in [1.807, 2.05) is 66.4 Å². The van der Waals surface area contributed by atoms with Gasteiger partial charge in [0.2, 0.25) is 5.78 Å². The van der Waals surface area contributed by atoms with Crippen LogP contribution in [0.5, 0.6) is 0 Å². The smallest absolute Gasteiger partial charge is 0.234 e. The standard InChI is InChI=1S/C25H23N7O2/c1-30-12-10-18(29-30)8-9-22(33)20-15-26-31(2)24(20)23(34)14-19-11-13-32-16-21(28-25(32)27-19)17-6-4-3-5-7-17/h3-7,10-13,15-16H,8-9,14H2,1-2H3. The Bertz CT molecular complexity index is 1490. The number of ketones is 2. The Morgan fingerprint density at radius 1 is 0.912 bits per heavy atom. The average Bonchev–Trinajstić information content (AvgIpc) is 3.55. The molecule has 0 radical (unpaired) electrons. The van der Waals surface area contributed by atoms with Gasteiger partial charge in [-0.15, -0.1) is 0 Å². The molecule has 0 N–H and O–H groups in total. The van der Waals surface area contributed by atoms with E-state index >= 15 is 0 Å². The number of nitrogens with zero attached hydrogens (tertiary/aromatic N) is 7. The highest BCUT2D eigenvalue weighted by molar-refractivity contribution is 6.08. The molecule has 0 aliphatic heterocycles. The van der Waals surface area contributed by atoms with Crippen molar-refractivity contribution in [1.29, 1.82) is 0 Å². The quantitative estimate of drug-likeness (QED) is 0.335. The van der Waals surface area contributed by atoms with Gasteiger partial charge in [0, 0.05) is 44.7 Å². The Labute approximate surface area is 195 Å². The number of hydrogen-bond donors (Lipinski definition) is 0. The van der Waals surface area contributed by atoms with Gasteiger partial charge in [-0.1, -0.05) is 30.3 Å². The molecule has 0 aliphatic rings. The van der Waals surface area contributed by atoms with Crippen LogP contribution in [0.4, 0.5) is 0 Å². The van der Waals surface area contributed by atoms with E-state index in [2.05, 4.69) is 20.2 Å². The predicted molar refractivity (Wildman–Crippen MR) is 126 cm³/mol. The molecular weight excluding hydrogens is 430 g/mol. The second-order valence-electron chi connectivity index (χ2n) is 8.15. The SMILES string of the molecule is Cn1ccc(CCC(=O)c2cnn(C)c2C(=O)Cc2ccn3cc(-c4ccccc4)nc3n2)n1. The third-order valence-electron chi connectivity index (χ3n) is 5.68. The molecular formula is C25H23N7O2. The van der Waals surface area contributed by atoms with Crippen LogP contribution in [-0.2, 0) is 26.9 Å². The van der Waals surface area contributed by atoms with Gasteiger partial charge in [0.1, 0.15) is 5.69 Å². The Morgan fingerprint density at radius 2 is 1.71 bits per heavy atom. The zero-order chi connectivity index (χ0) is 23.7. The molecule has 34 heavy (non-hydrogen) atoms. The van der Waals surface area contributed by atoms with E-state index in [-0.39, 0.29) is 24.4 Å². The zero-order valence-corrected chi connectivity index (χ0v) is 18.9. The van der Waals surface area contributed by atoms with E-state index in [0.717, 1.165) is 17.0 Å². The summed E-state index contributed by atoms with van der Waals surface area (Å²) in [6, 6.07) is 13.5. The van der Waals surface area contributed by atoms with Crippen LogP contribution in [0, 0.1) is 0 Å². The normalized spacial score (nSPS) is 11.2. The minimum Gasteiger partial charge on any atom is -0.294 e. The summed E-state index contributed by atoms with van der Waals surface area (Å²) < 4.78 is 4.98. The van der Waals surface area contributed by atoms with E-state index in [9.17, 15) is 9.59 Å². The summed E-state index contributed by atoms with van der Waals surface area (Å²) in [6.07, 6.45) is 7.85. The molecule has 0 amide bonds. The van der Waals surface area contributed by atoms with E-state index in [4.69, 9.17) is 0 Å². The second-order valence-corrected chi connectivity index (χ2v) is 8.15. The first-order valence-electron chi connectivity index (χ1n) is 10.9. The van der Waals surface area contributed by atoms with Crippen LogP contribution >= 0.6 is 0 Å². The van der Waals surface area contributed by atoms with Gasteiger partial charge in [-0.2, -0.15) is 10.2 Å². The maximum Gasteiger partial charge on any atom is 0.234 e. The molecule has 0 unspecified atom stereocenters. The zero-order valence-electron chi connectivity index (χ0n) is 18.9. The highest BCUT2D eigenvalue weighted by Crippen LogP contribution is 2.19. The first kappa shape index (κ1) is 21.4. The largest absolute Gasteiger partial charge is 0.294 e. The molecule has 9 heteroatoms. The van der Waals surface area contributed by atoms with Gasteiger partial charge < -0.3 is 0 Å². The summed E-state index contributed by atoms with van der Waals surface area (Å²) in [5.41, 5.74) is 3.84. The first-order valence-corrected chi connectivity index (χ1v) is 10.9. The fraction of sp³-hybridized carbons (Fsp3) is 0.200. The number of fused-ring (bicyclic) bond motifs is 1. The molecule has 9 nitrogen and oxygen atoms in total. The van der Waals surface area contributed by atoms with E-state index in [0.29, 0.717) is 29.1 Å². The van der Waals surface area contributed by atoms with Gasteiger partial charge in [-0.25, -0.2) is 9.97 Å². The van der Waals surface area contributed by atoms with Crippen LogP contribution in [0.15, 0.2) is 67.3 Å². The van der Waals surface area contributed by atoms with Gasteiger partial charge in [0.25, 0.3) is 0 Å². The molecule has 0 bridgehead atoms. The molecule has 0 saturated carbocycles. The molecule has 0 fully saturated rings. The average molecular weight is 454 g/mol. The number of benzene rings is 1. The van der Waals surface area contributed by atoms with E-state index < -0.39 is 0 Å². The molecule has 4 heterocycles. The predicted octanol–water partition coefficient (Wildman–Crippen LogP) is 3.10. The van der Waals surface area contributed by atoms with Crippen LogP contribution in [0.1, 0.15) is 38.7 Å². The van der Waals surface area contributed by atoms with Crippen molar-refractivity contribution in [2.75, 3.05) is 0 Å². The minimum atomic E-state index is -0.215. The van der Waals surface area contributed by atoms with Crippen molar-refractivity contribution in [3.63, 3.8) is 0 Å². The van der Waals surface area contributed by atoms with Gasteiger partial charge in [-0.3, -0.25) is 23.4 Å². The van der Waals surface area contributed by atoms with E-state index in [1.54, 1.807) is 17.8 Å². The van der Waals surface area contributed by atoms with Crippen molar-refractivity contribution >= 4 is 17.3 Å². The number of hydrogen-bond acceptors (Lipinski definition) is 6. The first-order chi connectivity index (χ1) is 16.5. The monoisotopic (exact) mass is 453 g/mol. The molecule has 0 spiro atoms. The molecule has 0 saturated heterocycles. The summed E-state index contributed by atoms with van der Waals surface area (Å²) in [5, 5.41) is 8.47. The summed E-state index contributed by atoms with van der Waals surface area (Å²) in [6.45, 7) is 0. The summed E-state index contributed by atoms with van der Waals surface area (Å²) in [7, 11) is 3.50. The lowest BCUT2D eigenvalue weighted by atomic mass is 10.0. The van der Waals surface area contributed by atoms with Crippen molar-refractivity contribution in [3.05, 3.63) is 89.9 Å². The topological polar surface area (TPSA) is 100.0 Å². The number of imidazole rings is 1. The maximum atomic E-state index is 13.2. The molecule has 170 valence electrons. The molecule has 5 rings (SSSR count). The molecule has 0 aliphatic carbocycles. The second kappa shape index (κ2) is 8.86. The van der Waals surface area contributed by atoms with Gasteiger partial charge >= 0.3 is 0 Å². The number of rotatable bonds is 8. The number of Topliss-reactive ketones (excluding diaryl/α,β-unsaturated/α-hetero) is 2. The fourth-order valence-corrected chi connectivity index (χ4v) is 3.95. The lowest BCUT2D eigenvalue weighted by molar-refractivity contribution is 0.0949. The molecule has 1 aromatic carbocycles. The fourth-order valence-electron chi connectivity index (χ4n) is 3.95. The lowest BCUT2D eigenvalue weighted by Crippen LogP contribution is -2.15. The lowest BCUT2D eigenvalue weighted by Gasteiger charge is -2.05. The van der Waals surface area contributed by atoms with Crippen LogP contribution in [-0.4, -0.2) is 45.5 Å². The van der Waals surface area contributed by atoms with Crippen molar-refractivity contribution < 1.29 is 9.59 Å². The summed E-state index contributed by atoms with van der Waals surface area (Å²) in [5.74, 6) is 0.167. The maximum absolute atomic E-state index is 13.2. The van der Waals surface area contributed by atoms with Gasteiger partial charge in [0.05, 0.1) is 35.3 Å². The highest BCUT2D eigenvalue weighted by Gasteiger charge is 2.23. The molecule has 0 atom stereocenters. The summed E-state index contributed by atoms with van der Waals surface area (Å²) in [4.78, 5) is 35.2. The Hall–Kier alpha value is -4.40. The minimum absolute atomic E-state index is 0.0457. The Morgan fingerprint density at radius 3 is 2.47 bits per heavy atom. The van der Waals surface area contributed by atoms with Crippen molar-refractivity contribution in [2.45, 2.75) is 19.3 Å². The third-order valence-corrected chi connectivity index (χ3v) is 5.68. The highest BCUT2D eigenvalue weighted by atomic mass is 16.1. The van der Waals surface area contributed by atoms with Gasteiger partial charge in [-0.05, 0) is 18.6 Å². The van der Waals surface area contributed by atoms with E-state index in [1.165, 1.54) is 10.9 Å². The number of carbonyl (C=O) groups excluding carboxylic acids is 2. The number of carbonyl (C=O) groups is 2. The molecule has 4 aromatic heterocycles. The number of aromatic nitrogens is 7. The van der Waals surface area contributed by atoms with Crippen LogP contribution in [0.3, 0.4) is 0 Å². The number of aryl methyl sites for hydroxylation is 3. The third kappa shape index (κ3) is 4.27. The van der Waals surface area contributed by atoms with Crippen molar-refractivity contribution in [2.24, 2.45) is 14.1 Å².